The van der Waals surface area contributed by atoms with Crippen LogP contribution in [0.25, 0.3) is 0 Å². The van der Waals surface area contributed by atoms with Crippen molar-refractivity contribution in [2.45, 2.75) is 19.3 Å². The van der Waals surface area contributed by atoms with E-state index in [1.165, 1.54) is 19.3 Å². The van der Waals surface area contributed by atoms with Gasteiger partial charge in [0, 0.05) is 38.3 Å². The maximum atomic E-state index is 5.70. The third-order valence-electron chi connectivity index (χ3n) is 4.01. The van der Waals surface area contributed by atoms with Crippen molar-refractivity contribution < 1.29 is 9.47 Å². The van der Waals surface area contributed by atoms with Gasteiger partial charge < -0.3 is 19.7 Å². The molecule has 18 heavy (non-hydrogen) atoms. The van der Waals surface area contributed by atoms with Gasteiger partial charge in [0.15, 0.2) is 0 Å². The molecular weight excluding hydrogens is 228 g/mol. The molecule has 1 saturated heterocycles. The maximum absolute atomic E-state index is 5.70. The average molecular weight is 256 g/mol. The Balaban J connectivity index is 1.62. The number of rotatable bonds is 9. The summed E-state index contributed by atoms with van der Waals surface area (Å²) in [5, 5.41) is 3.31. The highest BCUT2D eigenvalue weighted by molar-refractivity contribution is 4.87. The molecule has 0 radical (unpaired) electrons. The SMILES string of the molecule is CNCC1(CN(C)CCOCC2CC2)CCOC1. The minimum absolute atomic E-state index is 0.306. The molecule has 0 aromatic carbocycles. The highest BCUT2D eigenvalue weighted by Gasteiger charge is 2.35. The number of ether oxygens (including phenoxy) is 2. The first kappa shape index (κ1) is 14.3. The molecule has 106 valence electrons. The van der Waals surface area contributed by atoms with E-state index in [4.69, 9.17) is 9.47 Å². The van der Waals surface area contributed by atoms with Crippen LogP contribution in [0.15, 0.2) is 0 Å². The van der Waals surface area contributed by atoms with Gasteiger partial charge >= 0.3 is 0 Å². The summed E-state index contributed by atoms with van der Waals surface area (Å²) in [6.45, 7) is 6.80. The maximum Gasteiger partial charge on any atom is 0.0593 e. The van der Waals surface area contributed by atoms with E-state index in [1.807, 2.05) is 7.05 Å². The van der Waals surface area contributed by atoms with Gasteiger partial charge in [-0.25, -0.2) is 0 Å². The van der Waals surface area contributed by atoms with E-state index in [0.717, 1.165) is 52.0 Å². The van der Waals surface area contributed by atoms with Crippen molar-refractivity contribution in [1.82, 2.24) is 10.2 Å². The molecule has 2 fully saturated rings. The third-order valence-corrected chi connectivity index (χ3v) is 4.01. The quantitative estimate of drug-likeness (QED) is 0.623. The Labute approximate surface area is 111 Å². The lowest BCUT2D eigenvalue weighted by atomic mass is 9.86. The minimum atomic E-state index is 0.306. The fraction of sp³-hybridized carbons (Fsp3) is 1.00. The van der Waals surface area contributed by atoms with Crippen LogP contribution >= 0.6 is 0 Å². The topological polar surface area (TPSA) is 33.7 Å². The zero-order valence-corrected chi connectivity index (χ0v) is 11.9. The van der Waals surface area contributed by atoms with Crippen molar-refractivity contribution in [2.75, 3.05) is 60.2 Å². The molecule has 4 nitrogen and oxygen atoms in total. The highest BCUT2D eigenvalue weighted by atomic mass is 16.5. The molecular formula is C14H28N2O2. The van der Waals surface area contributed by atoms with E-state index >= 15 is 0 Å². The number of nitrogens with zero attached hydrogens (tertiary/aromatic N) is 1. The third kappa shape index (κ3) is 4.50. The van der Waals surface area contributed by atoms with Crippen molar-refractivity contribution in [3.63, 3.8) is 0 Å². The average Bonchev–Trinajstić information content (AvgIpc) is 3.06. The van der Waals surface area contributed by atoms with Crippen LogP contribution in [0.4, 0.5) is 0 Å². The van der Waals surface area contributed by atoms with Crippen molar-refractivity contribution in [1.29, 1.82) is 0 Å². The second kappa shape index (κ2) is 6.85. The second-order valence-electron chi connectivity index (χ2n) is 6.09. The summed E-state index contributed by atoms with van der Waals surface area (Å²) < 4.78 is 11.3. The summed E-state index contributed by atoms with van der Waals surface area (Å²) in [5.41, 5.74) is 0.306. The summed E-state index contributed by atoms with van der Waals surface area (Å²) >= 11 is 0. The van der Waals surface area contributed by atoms with Crippen molar-refractivity contribution in [3.8, 4) is 0 Å². The molecule has 2 aliphatic rings. The van der Waals surface area contributed by atoms with Gasteiger partial charge in [0.2, 0.25) is 0 Å². The van der Waals surface area contributed by atoms with Gasteiger partial charge in [-0.3, -0.25) is 0 Å². The van der Waals surface area contributed by atoms with Crippen molar-refractivity contribution in [2.24, 2.45) is 11.3 Å². The minimum Gasteiger partial charge on any atom is -0.381 e. The Hall–Kier alpha value is -0.160. The molecule has 1 N–H and O–H groups in total. The normalized spacial score (nSPS) is 28.2. The molecule has 1 saturated carbocycles. The van der Waals surface area contributed by atoms with E-state index in [9.17, 15) is 0 Å². The van der Waals surface area contributed by atoms with Crippen LogP contribution < -0.4 is 5.32 Å². The molecule has 1 heterocycles. The van der Waals surface area contributed by atoms with E-state index in [1.54, 1.807) is 0 Å². The van der Waals surface area contributed by atoms with E-state index in [0.29, 0.717) is 5.41 Å². The van der Waals surface area contributed by atoms with Gasteiger partial charge in [0.25, 0.3) is 0 Å². The summed E-state index contributed by atoms with van der Waals surface area (Å²) in [5.74, 6) is 0.870. The van der Waals surface area contributed by atoms with E-state index < -0.39 is 0 Å². The van der Waals surface area contributed by atoms with Gasteiger partial charge in [-0.05, 0) is 39.3 Å². The lowest BCUT2D eigenvalue weighted by molar-refractivity contribution is 0.0790. The molecule has 0 aromatic heterocycles. The Morgan fingerprint density at radius 1 is 1.44 bits per heavy atom. The summed E-state index contributed by atoms with van der Waals surface area (Å²) in [4.78, 5) is 2.39. The van der Waals surface area contributed by atoms with Crippen LogP contribution in [0.3, 0.4) is 0 Å². The molecule has 1 unspecified atom stereocenters. The fourth-order valence-corrected chi connectivity index (χ4v) is 2.75. The second-order valence-corrected chi connectivity index (χ2v) is 6.09. The van der Waals surface area contributed by atoms with Gasteiger partial charge in [-0.15, -0.1) is 0 Å². The molecule has 1 aliphatic carbocycles. The predicted molar refractivity (Wildman–Crippen MR) is 72.8 cm³/mol. The smallest absolute Gasteiger partial charge is 0.0593 e. The van der Waals surface area contributed by atoms with Crippen LogP contribution in [0.5, 0.6) is 0 Å². The summed E-state index contributed by atoms with van der Waals surface area (Å²) in [6, 6.07) is 0. The fourth-order valence-electron chi connectivity index (χ4n) is 2.75. The number of nitrogens with one attached hydrogen (secondary N) is 1. The van der Waals surface area contributed by atoms with Gasteiger partial charge in [0.1, 0.15) is 0 Å². The lowest BCUT2D eigenvalue weighted by Crippen LogP contribution is -2.43. The highest BCUT2D eigenvalue weighted by Crippen LogP contribution is 2.29. The largest absolute Gasteiger partial charge is 0.381 e. The van der Waals surface area contributed by atoms with Crippen LogP contribution in [0.2, 0.25) is 0 Å². The Kier molecular flexibility index (Phi) is 5.42. The zero-order valence-electron chi connectivity index (χ0n) is 11.9. The number of hydrogen-bond donors (Lipinski definition) is 1. The molecule has 0 amide bonds. The molecule has 2 rings (SSSR count). The first-order valence-corrected chi connectivity index (χ1v) is 7.23. The Morgan fingerprint density at radius 3 is 2.89 bits per heavy atom. The Bertz CT molecular complexity index is 238. The van der Waals surface area contributed by atoms with Crippen molar-refractivity contribution >= 4 is 0 Å². The van der Waals surface area contributed by atoms with Crippen LogP contribution in [0, 0.1) is 11.3 Å². The molecule has 1 atom stereocenters. The molecule has 0 aromatic rings. The van der Waals surface area contributed by atoms with Crippen LogP contribution in [0.1, 0.15) is 19.3 Å². The van der Waals surface area contributed by atoms with Crippen LogP contribution in [-0.2, 0) is 9.47 Å². The standard InChI is InChI=1S/C14H28N2O2/c1-15-10-14(5-7-18-12-14)11-16(2)6-8-17-9-13-3-4-13/h13,15H,3-12H2,1-2H3. The first-order chi connectivity index (χ1) is 8.74. The van der Waals surface area contributed by atoms with Gasteiger partial charge in [0.05, 0.1) is 13.2 Å². The molecule has 4 heteroatoms. The summed E-state index contributed by atoms with van der Waals surface area (Å²) in [7, 11) is 4.22. The number of likely N-dealkylation sites (N-methyl/N-ethyl adjacent to an activating group) is 1. The monoisotopic (exact) mass is 256 g/mol. The predicted octanol–water partition coefficient (Wildman–Crippen LogP) is 0.971. The van der Waals surface area contributed by atoms with Crippen molar-refractivity contribution in [3.05, 3.63) is 0 Å². The summed E-state index contributed by atoms with van der Waals surface area (Å²) in [6.07, 6.45) is 3.91. The van der Waals surface area contributed by atoms with E-state index in [-0.39, 0.29) is 0 Å². The van der Waals surface area contributed by atoms with Gasteiger partial charge in [-0.2, -0.15) is 0 Å². The Morgan fingerprint density at radius 2 is 2.28 bits per heavy atom. The lowest BCUT2D eigenvalue weighted by Gasteiger charge is -2.32. The van der Waals surface area contributed by atoms with E-state index in [2.05, 4.69) is 17.3 Å². The van der Waals surface area contributed by atoms with Gasteiger partial charge in [-0.1, -0.05) is 0 Å². The van der Waals surface area contributed by atoms with Crippen LogP contribution in [-0.4, -0.2) is 65.1 Å². The zero-order chi connectivity index (χ0) is 12.8. The number of hydrogen-bond acceptors (Lipinski definition) is 4. The molecule has 0 bridgehead atoms. The first-order valence-electron chi connectivity index (χ1n) is 7.23. The molecule has 1 aliphatic heterocycles. The molecule has 0 spiro atoms.